The Hall–Kier alpha value is -2.22. The van der Waals surface area contributed by atoms with Crippen LogP contribution in [-0.2, 0) is 25.9 Å². The molecule has 5 rings (SSSR count). The number of hydrogen-bond acceptors (Lipinski definition) is 7. The summed E-state index contributed by atoms with van der Waals surface area (Å²) < 4.78 is 8.25. The maximum absolute atomic E-state index is 4.68. The number of anilines is 2. The molecule has 0 aliphatic carbocycles. The van der Waals surface area contributed by atoms with E-state index >= 15 is 0 Å². The van der Waals surface area contributed by atoms with Crippen LogP contribution in [-0.4, -0.2) is 44.4 Å². The predicted octanol–water partition coefficient (Wildman–Crippen LogP) is 3.29. The van der Waals surface area contributed by atoms with Crippen LogP contribution in [0, 0.1) is 6.92 Å². The van der Waals surface area contributed by atoms with Gasteiger partial charge in [-0.2, -0.15) is 5.10 Å². The van der Waals surface area contributed by atoms with E-state index in [4.69, 9.17) is 0 Å². The van der Waals surface area contributed by atoms with Crippen molar-refractivity contribution in [1.29, 1.82) is 0 Å². The van der Waals surface area contributed by atoms with Gasteiger partial charge in [0.1, 0.15) is 0 Å². The number of aromatic nitrogens is 6. The molecule has 0 unspecified atom stereocenters. The van der Waals surface area contributed by atoms with E-state index in [0.717, 1.165) is 52.2 Å². The molecule has 0 saturated carbocycles. The van der Waals surface area contributed by atoms with E-state index in [2.05, 4.69) is 40.8 Å². The van der Waals surface area contributed by atoms with Crippen molar-refractivity contribution >= 4 is 32.0 Å². The summed E-state index contributed by atoms with van der Waals surface area (Å²) in [5.74, 6) is 0.736. The number of fused-ring (bicyclic) bond motifs is 1. The first-order valence-electron chi connectivity index (χ1n) is 9.51. The number of imidazole rings is 1. The molecule has 1 saturated heterocycles. The molecule has 4 aromatic heterocycles. The van der Waals surface area contributed by atoms with Crippen molar-refractivity contribution < 1.29 is 19.4 Å². The third-order valence-corrected chi connectivity index (χ3v) is 7.38. The Bertz CT molecular complexity index is 1160. The van der Waals surface area contributed by atoms with Crippen LogP contribution >= 0.6 is 11.5 Å². The summed E-state index contributed by atoms with van der Waals surface area (Å²) in [5, 5.41) is 11.3. The van der Waals surface area contributed by atoms with Crippen LogP contribution in [0.15, 0.2) is 30.9 Å². The molecule has 2 N–H and O–H groups in total. The van der Waals surface area contributed by atoms with Crippen molar-refractivity contribution in [1.82, 2.24) is 33.8 Å². The average molecular weight is 576 g/mol. The molecule has 4 aromatic rings. The third kappa shape index (κ3) is 3.82. The second-order valence-electron chi connectivity index (χ2n) is 7.13. The number of hydrogen-bond donors (Lipinski definition) is 2. The normalized spacial score (nSPS) is 15.3. The van der Waals surface area contributed by atoms with Crippen molar-refractivity contribution in [2.45, 2.75) is 32.7 Å². The molecule has 10 heteroatoms. The van der Waals surface area contributed by atoms with Crippen LogP contribution in [0.5, 0.6) is 0 Å². The van der Waals surface area contributed by atoms with Gasteiger partial charge in [0.25, 0.3) is 0 Å². The molecule has 1 fully saturated rings. The van der Waals surface area contributed by atoms with Crippen molar-refractivity contribution in [3.8, 4) is 11.3 Å². The van der Waals surface area contributed by atoms with Gasteiger partial charge in [-0.3, -0.25) is 5.10 Å². The number of piperidine rings is 1. The number of likely N-dealkylation sites (tertiary alicyclic amines) is 1. The van der Waals surface area contributed by atoms with Crippen molar-refractivity contribution in [2.75, 3.05) is 11.9 Å². The Morgan fingerprint density at radius 3 is 3.07 bits per heavy atom. The fourth-order valence-electron chi connectivity index (χ4n) is 3.58. The molecule has 0 radical (unpaired) electrons. The monoisotopic (exact) mass is 576 g/mol. The molecule has 0 bridgehead atoms. The van der Waals surface area contributed by atoms with Crippen LogP contribution in [0.4, 0.5) is 10.8 Å². The molecule has 148 valence electrons. The topological polar surface area (TPSA) is 87.0 Å². The first kappa shape index (κ1) is 18.8. The van der Waals surface area contributed by atoms with Gasteiger partial charge in [-0.25, -0.2) is 0 Å². The van der Waals surface area contributed by atoms with Gasteiger partial charge >= 0.3 is 161 Å². The molecule has 1 aliphatic heterocycles. The Morgan fingerprint density at radius 1 is 1.31 bits per heavy atom. The van der Waals surface area contributed by atoms with Crippen LogP contribution in [0.3, 0.4) is 0 Å². The number of aryl methyl sites for hydroxylation is 1. The molecule has 5 heterocycles. The van der Waals surface area contributed by atoms with E-state index in [1.807, 2.05) is 29.9 Å². The first-order chi connectivity index (χ1) is 14.2. The molecule has 1 aliphatic rings. The first-order valence-corrected chi connectivity index (χ1v) is 11.8. The molecule has 0 aromatic carbocycles. The van der Waals surface area contributed by atoms with Crippen LogP contribution in [0.25, 0.3) is 16.9 Å². The van der Waals surface area contributed by atoms with Gasteiger partial charge < -0.3 is 0 Å². The zero-order valence-corrected chi connectivity index (χ0v) is 19.7. The van der Waals surface area contributed by atoms with Crippen LogP contribution < -0.4 is 5.32 Å². The Labute approximate surface area is 183 Å². The minimum absolute atomic E-state index is 0.736. The van der Waals surface area contributed by atoms with Gasteiger partial charge in [0.15, 0.2) is 0 Å². The van der Waals surface area contributed by atoms with Gasteiger partial charge in [-0.15, -0.1) is 0 Å². The molecule has 0 amide bonds. The molecule has 29 heavy (non-hydrogen) atoms. The number of H-pyrrole nitrogens is 1. The summed E-state index contributed by atoms with van der Waals surface area (Å²) in [4.78, 5) is 11.8. The second-order valence-corrected chi connectivity index (χ2v) is 9.63. The summed E-state index contributed by atoms with van der Waals surface area (Å²) in [6.45, 7) is 4.02. The molecular weight excluding hydrogens is 556 g/mol. The van der Waals surface area contributed by atoms with E-state index in [0.29, 0.717) is 0 Å². The molecular formula is C19H20N8SW. The summed E-state index contributed by atoms with van der Waals surface area (Å²) in [6, 6.07) is 2.13. The number of rotatable bonds is 5. The van der Waals surface area contributed by atoms with Gasteiger partial charge in [0.05, 0.1) is 6.20 Å². The number of nitrogens with zero attached hydrogens (tertiary/aromatic N) is 6. The van der Waals surface area contributed by atoms with Crippen LogP contribution in [0.2, 0.25) is 0 Å². The quantitative estimate of drug-likeness (QED) is 0.380. The Balaban J connectivity index is 1.41. The second kappa shape index (κ2) is 7.89. The number of aromatic amines is 1. The van der Waals surface area contributed by atoms with E-state index in [-0.39, 0.29) is 0 Å². The minimum atomic E-state index is 0.736. The summed E-state index contributed by atoms with van der Waals surface area (Å²) in [7, 11) is 0. The molecule has 8 nitrogen and oxygen atoms in total. The summed E-state index contributed by atoms with van der Waals surface area (Å²) in [6.07, 6.45) is 11.3. The fraction of sp³-hybridized carbons (Fsp3) is 0.316. The van der Waals surface area contributed by atoms with Gasteiger partial charge in [0, 0.05) is 6.20 Å². The van der Waals surface area contributed by atoms with Gasteiger partial charge in [0.2, 0.25) is 0 Å². The maximum atomic E-state index is 4.68. The molecule has 0 spiro atoms. The van der Waals surface area contributed by atoms with Gasteiger partial charge in [-0.05, 0) is 0 Å². The Morgan fingerprint density at radius 2 is 2.24 bits per heavy atom. The average Bonchev–Trinajstić information content (AvgIpc) is 3.44. The summed E-state index contributed by atoms with van der Waals surface area (Å²) >= 11 is 3.05. The Kier molecular flexibility index (Phi) is 5.11. The standard InChI is InChI=1S/C19H20N8S.W/c1-13-11-27-16(14-8-21-22-9-14)10-20-19(27)18(23-13)24-17-7-15(25-28-17)12-26-5-3-2-4-6-26;/h7-11H,2-5,12H2,1H3,(H,21,22)(H,23,24);. The molecule has 0 atom stereocenters. The van der Waals surface area contributed by atoms with Crippen LogP contribution in [0.1, 0.15) is 30.7 Å². The van der Waals surface area contributed by atoms with E-state index in [9.17, 15) is 0 Å². The predicted molar refractivity (Wildman–Crippen MR) is 110 cm³/mol. The zero-order chi connectivity index (χ0) is 19.8. The van der Waals surface area contributed by atoms with Crippen molar-refractivity contribution in [2.24, 2.45) is 0 Å². The van der Waals surface area contributed by atoms with E-state index in [1.165, 1.54) is 30.8 Å². The SMILES string of the molecule is Cc1cn2c(-c3cn[nH]c3)cnc2c(Nc2cc(CN3CCCC[C]3=[W])ns2)n1. The van der Waals surface area contributed by atoms with E-state index in [1.54, 1.807) is 29.6 Å². The fourth-order valence-corrected chi connectivity index (χ4v) is 5.32. The summed E-state index contributed by atoms with van der Waals surface area (Å²) in [5.41, 5.74) is 4.76. The van der Waals surface area contributed by atoms with Gasteiger partial charge in [-0.1, -0.05) is 0 Å². The van der Waals surface area contributed by atoms with E-state index < -0.39 is 0 Å². The van der Waals surface area contributed by atoms with Crippen molar-refractivity contribution in [3.63, 3.8) is 0 Å². The third-order valence-electron chi connectivity index (χ3n) is 4.98. The zero-order valence-electron chi connectivity index (χ0n) is 15.9. The van der Waals surface area contributed by atoms with Crippen molar-refractivity contribution in [3.05, 3.63) is 42.2 Å². The number of nitrogens with one attached hydrogen (secondary N) is 2.